The molecule has 1 saturated carbocycles. The van der Waals surface area contributed by atoms with Crippen molar-refractivity contribution >= 4 is 29.6 Å². The van der Waals surface area contributed by atoms with Gasteiger partial charge in [0.15, 0.2) is 0 Å². The molecule has 2 aliphatic heterocycles. The van der Waals surface area contributed by atoms with Crippen molar-refractivity contribution < 1.29 is 33.4 Å². The van der Waals surface area contributed by atoms with Gasteiger partial charge in [0.25, 0.3) is 5.91 Å². The molecule has 4 amide bonds. The molecule has 0 aromatic heterocycles. The van der Waals surface area contributed by atoms with Gasteiger partial charge in [-0.1, -0.05) is 45.6 Å². The summed E-state index contributed by atoms with van der Waals surface area (Å²) >= 11 is 0. The van der Waals surface area contributed by atoms with E-state index in [2.05, 4.69) is 36.4 Å². The maximum absolute atomic E-state index is 14.1. The van der Waals surface area contributed by atoms with Gasteiger partial charge < -0.3 is 30.3 Å². The molecule has 0 aromatic carbocycles. The number of ether oxygens (including phenoxy) is 2. The quantitative estimate of drug-likeness (QED) is 0.337. The molecule has 0 aromatic rings. The van der Waals surface area contributed by atoms with Gasteiger partial charge in [-0.15, -0.1) is 6.58 Å². The molecule has 3 N–H and O–H groups in total. The second-order valence-electron chi connectivity index (χ2n) is 13.1. The van der Waals surface area contributed by atoms with Crippen molar-refractivity contribution in [3.63, 3.8) is 0 Å². The van der Waals surface area contributed by atoms with Crippen LogP contribution in [0.1, 0.15) is 80.1 Å². The van der Waals surface area contributed by atoms with E-state index in [0.29, 0.717) is 26.0 Å². The Bertz CT molecular complexity index is 1020. The van der Waals surface area contributed by atoms with Gasteiger partial charge in [0.1, 0.15) is 17.7 Å². The summed E-state index contributed by atoms with van der Waals surface area (Å²) in [6.45, 7) is 15.5. The number of hydrogen-bond acceptors (Lipinski definition) is 7. The summed E-state index contributed by atoms with van der Waals surface area (Å²) in [6, 6.07) is -2.93. The normalized spacial score (nSPS) is 30.7. The average Bonchev–Trinajstić information content (AvgIpc) is 3.21. The van der Waals surface area contributed by atoms with Crippen LogP contribution in [0, 0.1) is 17.3 Å². The number of ketones is 1. The summed E-state index contributed by atoms with van der Waals surface area (Å²) in [6.07, 6.45) is 4.42. The number of carbonyl (C=O) groups excluding carboxylic acids is 5. The lowest BCUT2D eigenvalue weighted by Gasteiger charge is -2.35. The van der Waals surface area contributed by atoms with Crippen molar-refractivity contribution in [1.82, 2.24) is 20.9 Å². The molecular formula is C30H48N4O7. The fourth-order valence-corrected chi connectivity index (χ4v) is 6.09. The van der Waals surface area contributed by atoms with Crippen LogP contribution in [-0.2, 0) is 28.7 Å². The molecule has 1 aliphatic carbocycles. The average molecular weight is 577 g/mol. The first-order chi connectivity index (χ1) is 19.2. The highest BCUT2D eigenvalue weighted by Crippen LogP contribution is 2.65. The van der Waals surface area contributed by atoms with E-state index in [4.69, 9.17) is 9.47 Å². The van der Waals surface area contributed by atoms with E-state index in [9.17, 15) is 24.0 Å². The van der Waals surface area contributed by atoms with Crippen LogP contribution in [0.15, 0.2) is 12.7 Å². The van der Waals surface area contributed by atoms with Crippen molar-refractivity contribution in [2.45, 2.75) is 110 Å². The second-order valence-corrected chi connectivity index (χ2v) is 13.1. The Balaban J connectivity index is 1.90. The summed E-state index contributed by atoms with van der Waals surface area (Å²) in [7, 11) is 0. The number of carbonyl (C=O) groups is 5. The van der Waals surface area contributed by atoms with Crippen LogP contribution < -0.4 is 16.0 Å². The first-order valence-electron chi connectivity index (χ1n) is 14.8. The standard InChI is InChI=1S/C30H48N4O7/c1-8-15-31-26(37)24(35)20-14-12-10-9-11-13-16-40-18(2)22(33-28(39)41-29(3,4)5)27(38)34-17-19-21(30(19,6)7)23(34)25(36)32-20/h8,18-23H,1,9-17H2,2-7H3,(H,31,37)(H,32,36)(H,33,39)/t18-,19-,20-,21-,22-,23-/m0/s1. The molecule has 11 heteroatoms. The molecule has 3 fully saturated rings. The highest BCUT2D eigenvalue weighted by molar-refractivity contribution is 6.38. The van der Waals surface area contributed by atoms with Crippen molar-refractivity contribution in [2.75, 3.05) is 19.7 Å². The number of hydrogen-bond donors (Lipinski definition) is 3. The van der Waals surface area contributed by atoms with Gasteiger partial charge in [0.05, 0.1) is 12.1 Å². The van der Waals surface area contributed by atoms with E-state index < -0.39 is 59.4 Å². The second kappa shape index (κ2) is 13.4. The molecule has 11 nitrogen and oxygen atoms in total. The van der Waals surface area contributed by atoms with Crippen molar-refractivity contribution in [3.8, 4) is 0 Å². The summed E-state index contributed by atoms with van der Waals surface area (Å²) in [5.74, 6) is -2.42. The molecule has 41 heavy (non-hydrogen) atoms. The predicted octanol–water partition coefficient (Wildman–Crippen LogP) is 2.48. The molecule has 2 saturated heterocycles. The Hall–Kier alpha value is -2.95. The number of amides is 4. The molecule has 2 heterocycles. The monoisotopic (exact) mass is 576 g/mol. The molecule has 3 rings (SSSR count). The van der Waals surface area contributed by atoms with Crippen LogP contribution >= 0.6 is 0 Å². The number of nitrogens with one attached hydrogen (secondary N) is 3. The largest absolute Gasteiger partial charge is 0.444 e. The van der Waals surface area contributed by atoms with E-state index in [-0.39, 0.29) is 23.8 Å². The Labute approximate surface area is 243 Å². The number of fused-ring (bicyclic) bond motifs is 3. The number of Topliss-reactive ketones (excluding diaryl/α,β-unsaturated/α-hetero) is 1. The van der Waals surface area contributed by atoms with Gasteiger partial charge in [0.2, 0.25) is 17.6 Å². The molecule has 0 bridgehead atoms. The lowest BCUT2D eigenvalue weighted by molar-refractivity contribution is -0.146. The Morgan fingerprint density at radius 1 is 1.15 bits per heavy atom. The van der Waals surface area contributed by atoms with E-state index in [1.807, 2.05) is 0 Å². The smallest absolute Gasteiger partial charge is 0.408 e. The van der Waals surface area contributed by atoms with Crippen molar-refractivity contribution in [2.24, 2.45) is 17.3 Å². The minimum absolute atomic E-state index is 0.0905. The fourth-order valence-electron chi connectivity index (χ4n) is 6.09. The third-order valence-electron chi connectivity index (χ3n) is 8.45. The zero-order valence-electron chi connectivity index (χ0n) is 25.4. The fraction of sp³-hybridized carbons (Fsp3) is 0.767. The van der Waals surface area contributed by atoms with Crippen LogP contribution in [0.3, 0.4) is 0 Å². The van der Waals surface area contributed by atoms with Gasteiger partial charge in [-0.2, -0.15) is 0 Å². The van der Waals surface area contributed by atoms with Crippen LogP contribution in [0.2, 0.25) is 0 Å². The third kappa shape index (κ3) is 8.08. The number of rotatable bonds is 5. The van der Waals surface area contributed by atoms with E-state index in [1.165, 1.54) is 11.0 Å². The molecule has 0 unspecified atom stereocenters. The van der Waals surface area contributed by atoms with Gasteiger partial charge in [-0.3, -0.25) is 19.2 Å². The molecule has 230 valence electrons. The molecule has 0 spiro atoms. The van der Waals surface area contributed by atoms with Gasteiger partial charge in [0, 0.05) is 19.7 Å². The number of piperidine rings is 1. The summed E-state index contributed by atoms with van der Waals surface area (Å²) in [5, 5.41) is 8.02. The minimum Gasteiger partial charge on any atom is -0.444 e. The summed E-state index contributed by atoms with van der Waals surface area (Å²) in [4.78, 5) is 67.7. The molecule has 3 aliphatic rings. The van der Waals surface area contributed by atoms with E-state index >= 15 is 0 Å². The van der Waals surface area contributed by atoms with Gasteiger partial charge >= 0.3 is 6.09 Å². The lowest BCUT2D eigenvalue weighted by Crippen LogP contribution is -2.60. The van der Waals surface area contributed by atoms with Gasteiger partial charge in [-0.05, 0) is 57.8 Å². The summed E-state index contributed by atoms with van der Waals surface area (Å²) < 4.78 is 11.4. The maximum atomic E-state index is 14.1. The first-order valence-corrected chi connectivity index (χ1v) is 14.8. The molecule has 6 atom stereocenters. The molecule has 0 radical (unpaired) electrons. The zero-order valence-corrected chi connectivity index (χ0v) is 25.4. The van der Waals surface area contributed by atoms with Gasteiger partial charge in [-0.25, -0.2) is 4.79 Å². The van der Waals surface area contributed by atoms with Crippen LogP contribution in [-0.4, -0.2) is 84.0 Å². The van der Waals surface area contributed by atoms with E-state index in [1.54, 1.807) is 27.7 Å². The first kappa shape index (κ1) is 32.6. The number of alkyl carbamates (subject to hydrolysis) is 1. The van der Waals surface area contributed by atoms with Crippen LogP contribution in [0.4, 0.5) is 4.79 Å². The lowest BCUT2D eigenvalue weighted by atomic mass is 9.97. The van der Waals surface area contributed by atoms with E-state index in [0.717, 1.165) is 25.7 Å². The zero-order chi connectivity index (χ0) is 30.5. The highest BCUT2D eigenvalue weighted by Gasteiger charge is 2.69. The Morgan fingerprint density at radius 2 is 1.80 bits per heavy atom. The highest BCUT2D eigenvalue weighted by atomic mass is 16.6. The minimum atomic E-state index is -1.07. The number of nitrogens with zero attached hydrogens (tertiary/aromatic N) is 1. The third-order valence-corrected chi connectivity index (χ3v) is 8.45. The van der Waals surface area contributed by atoms with Crippen LogP contribution in [0.25, 0.3) is 0 Å². The Kier molecular flexibility index (Phi) is 10.6. The van der Waals surface area contributed by atoms with Crippen molar-refractivity contribution in [1.29, 1.82) is 0 Å². The Morgan fingerprint density at radius 3 is 2.46 bits per heavy atom. The topological polar surface area (TPSA) is 143 Å². The van der Waals surface area contributed by atoms with Crippen molar-refractivity contribution in [3.05, 3.63) is 12.7 Å². The summed E-state index contributed by atoms with van der Waals surface area (Å²) in [5.41, 5.74) is -0.937. The SMILES string of the molecule is C=CCNC(=O)C(=O)[C@@H]1CCCCCCCO[C@@H](C)[C@H](NC(=O)OC(C)(C)C)C(=O)N2C[C@H]3[C@@H]([C@H]2C(=O)N1)C3(C)C. The predicted molar refractivity (Wildman–Crippen MR) is 153 cm³/mol. The molecular weight excluding hydrogens is 528 g/mol. The van der Waals surface area contributed by atoms with Crippen LogP contribution in [0.5, 0.6) is 0 Å². The maximum Gasteiger partial charge on any atom is 0.408 e.